The molecule has 0 radical (unpaired) electrons. The third kappa shape index (κ3) is 7.87. The second-order valence-electron chi connectivity index (χ2n) is 8.47. The molecule has 2 fully saturated rings. The maximum absolute atomic E-state index is 9.87. The van der Waals surface area contributed by atoms with Crippen molar-refractivity contribution in [3.8, 4) is 0 Å². The van der Waals surface area contributed by atoms with E-state index in [-0.39, 0.29) is 6.10 Å². The van der Waals surface area contributed by atoms with Crippen LogP contribution in [0.1, 0.15) is 110 Å². The lowest BCUT2D eigenvalue weighted by atomic mass is 9.69. The van der Waals surface area contributed by atoms with Crippen LogP contribution in [0.2, 0.25) is 0 Å². The molecule has 0 aromatic rings. The summed E-state index contributed by atoms with van der Waals surface area (Å²) in [5, 5.41) is 9.87. The van der Waals surface area contributed by atoms with E-state index in [4.69, 9.17) is 4.74 Å². The fourth-order valence-electron chi connectivity index (χ4n) is 4.82. The third-order valence-corrected chi connectivity index (χ3v) is 6.39. The van der Waals surface area contributed by atoms with Gasteiger partial charge in [0.25, 0.3) is 0 Å². The van der Waals surface area contributed by atoms with E-state index in [9.17, 15) is 5.11 Å². The molecule has 1 N–H and O–H groups in total. The van der Waals surface area contributed by atoms with Gasteiger partial charge in [0.2, 0.25) is 0 Å². The Kier molecular flexibility index (Phi) is 10.4. The van der Waals surface area contributed by atoms with E-state index in [0.717, 1.165) is 31.3 Å². The lowest BCUT2D eigenvalue weighted by molar-refractivity contribution is -0.0337. The summed E-state index contributed by atoms with van der Waals surface area (Å²) in [4.78, 5) is 0. The molecule has 0 aromatic carbocycles. The van der Waals surface area contributed by atoms with Crippen LogP contribution >= 0.6 is 0 Å². The van der Waals surface area contributed by atoms with Gasteiger partial charge in [-0.15, -0.1) is 0 Å². The molecule has 142 valence electrons. The van der Waals surface area contributed by atoms with Gasteiger partial charge in [0.1, 0.15) is 0 Å². The molecule has 0 aliphatic heterocycles. The number of hydrogen-bond acceptors (Lipinski definition) is 2. The van der Waals surface area contributed by atoms with Crippen molar-refractivity contribution in [1.82, 2.24) is 0 Å². The number of aliphatic hydroxyl groups is 1. The molecule has 2 rings (SSSR count). The van der Waals surface area contributed by atoms with Crippen LogP contribution in [0, 0.1) is 11.8 Å². The molecule has 0 amide bonds. The summed E-state index contributed by atoms with van der Waals surface area (Å²) in [7, 11) is 0. The van der Waals surface area contributed by atoms with Crippen LogP contribution in [0.3, 0.4) is 0 Å². The number of ether oxygens (including phenoxy) is 1. The average Bonchev–Trinajstić information content (AvgIpc) is 2.59. The SMILES string of the molecule is CCCCCCCCCCCCOC1CCC2CCC(O)CC2C1. The van der Waals surface area contributed by atoms with Crippen LogP contribution in [0.4, 0.5) is 0 Å². The molecular formula is C22H42O2. The van der Waals surface area contributed by atoms with Gasteiger partial charge in [-0.05, 0) is 56.8 Å². The first-order chi connectivity index (χ1) is 11.8. The molecular weight excluding hydrogens is 296 g/mol. The number of rotatable bonds is 12. The summed E-state index contributed by atoms with van der Waals surface area (Å²) in [5.74, 6) is 1.62. The van der Waals surface area contributed by atoms with E-state index < -0.39 is 0 Å². The van der Waals surface area contributed by atoms with Crippen molar-refractivity contribution in [1.29, 1.82) is 0 Å². The summed E-state index contributed by atoms with van der Waals surface area (Å²) >= 11 is 0. The van der Waals surface area contributed by atoms with Crippen molar-refractivity contribution in [3.05, 3.63) is 0 Å². The van der Waals surface area contributed by atoms with Crippen LogP contribution in [0.25, 0.3) is 0 Å². The van der Waals surface area contributed by atoms with Gasteiger partial charge in [0.05, 0.1) is 12.2 Å². The second kappa shape index (κ2) is 12.3. The summed E-state index contributed by atoms with van der Waals surface area (Å²) in [6, 6.07) is 0. The van der Waals surface area contributed by atoms with Gasteiger partial charge in [-0.25, -0.2) is 0 Å². The van der Waals surface area contributed by atoms with E-state index in [1.807, 2.05) is 0 Å². The van der Waals surface area contributed by atoms with Gasteiger partial charge in [0, 0.05) is 6.61 Å². The molecule has 24 heavy (non-hydrogen) atoms. The van der Waals surface area contributed by atoms with Crippen LogP contribution in [0.15, 0.2) is 0 Å². The predicted octanol–water partition coefficient (Wildman–Crippen LogP) is 6.25. The highest BCUT2D eigenvalue weighted by atomic mass is 16.5. The van der Waals surface area contributed by atoms with Gasteiger partial charge in [0.15, 0.2) is 0 Å². The summed E-state index contributed by atoms with van der Waals surface area (Å²) < 4.78 is 6.16. The molecule has 2 aliphatic rings. The smallest absolute Gasteiger partial charge is 0.0578 e. The number of unbranched alkanes of at least 4 members (excludes halogenated alkanes) is 9. The Bertz CT molecular complexity index is 304. The van der Waals surface area contributed by atoms with Crippen molar-refractivity contribution in [3.63, 3.8) is 0 Å². The Hall–Kier alpha value is -0.0800. The van der Waals surface area contributed by atoms with Gasteiger partial charge >= 0.3 is 0 Å². The molecule has 2 aliphatic carbocycles. The molecule has 2 heteroatoms. The fourth-order valence-corrected chi connectivity index (χ4v) is 4.82. The van der Waals surface area contributed by atoms with Crippen LogP contribution in [0.5, 0.6) is 0 Å². The van der Waals surface area contributed by atoms with Crippen molar-refractivity contribution in [2.45, 2.75) is 122 Å². The molecule has 2 saturated carbocycles. The first-order valence-electron chi connectivity index (χ1n) is 11.1. The molecule has 2 nitrogen and oxygen atoms in total. The minimum absolute atomic E-state index is 0.0352. The third-order valence-electron chi connectivity index (χ3n) is 6.39. The van der Waals surface area contributed by atoms with Gasteiger partial charge in [-0.3, -0.25) is 0 Å². The quantitative estimate of drug-likeness (QED) is 0.426. The Morgan fingerprint density at radius 2 is 1.33 bits per heavy atom. The molecule has 0 bridgehead atoms. The van der Waals surface area contributed by atoms with E-state index >= 15 is 0 Å². The highest BCUT2D eigenvalue weighted by Gasteiger charge is 2.35. The lowest BCUT2D eigenvalue weighted by Crippen LogP contribution is -2.35. The van der Waals surface area contributed by atoms with Crippen molar-refractivity contribution in [2.24, 2.45) is 11.8 Å². The maximum Gasteiger partial charge on any atom is 0.0578 e. The highest BCUT2D eigenvalue weighted by Crippen LogP contribution is 2.41. The number of hydrogen-bond donors (Lipinski definition) is 1. The Morgan fingerprint density at radius 1 is 0.708 bits per heavy atom. The Morgan fingerprint density at radius 3 is 2.04 bits per heavy atom. The largest absolute Gasteiger partial charge is 0.393 e. The van der Waals surface area contributed by atoms with E-state index in [1.54, 1.807) is 0 Å². The van der Waals surface area contributed by atoms with Gasteiger partial charge < -0.3 is 9.84 Å². The average molecular weight is 339 g/mol. The number of aliphatic hydroxyl groups excluding tert-OH is 1. The first-order valence-corrected chi connectivity index (χ1v) is 11.1. The topological polar surface area (TPSA) is 29.5 Å². The molecule has 4 atom stereocenters. The zero-order valence-corrected chi connectivity index (χ0v) is 16.2. The second-order valence-corrected chi connectivity index (χ2v) is 8.47. The molecule has 0 aromatic heterocycles. The molecule has 0 saturated heterocycles. The van der Waals surface area contributed by atoms with E-state index in [2.05, 4.69) is 6.92 Å². The minimum Gasteiger partial charge on any atom is -0.393 e. The zero-order valence-electron chi connectivity index (χ0n) is 16.2. The Labute approximate surface area is 150 Å². The normalized spacial score (nSPS) is 30.2. The lowest BCUT2D eigenvalue weighted by Gasteiger charge is -2.40. The fraction of sp³-hybridized carbons (Fsp3) is 1.00. The molecule has 4 unspecified atom stereocenters. The standard InChI is InChI=1S/C22H42O2/c1-2-3-4-5-6-7-8-9-10-11-16-24-22-15-13-19-12-14-21(23)17-20(19)18-22/h19-23H,2-18H2,1H3. The molecule has 0 heterocycles. The maximum atomic E-state index is 9.87. The highest BCUT2D eigenvalue weighted by molar-refractivity contribution is 4.86. The number of fused-ring (bicyclic) bond motifs is 1. The van der Waals surface area contributed by atoms with Crippen LogP contribution < -0.4 is 0 Å². The first kappa shape index (κ1) is 20.2. The van der Waals surface area contributed by atoms with E-state index in [1.165, 1.54) is 89.9 Å². The Balaban J connectivity index is 1.40. The van der Waals surface area contributed by atoms with Crippen molar-refractivity contribution < 1.29 is 9.84 Å². The van der Waals surface area contributed by atoms with E-state index in [0.29, 0.717) is 6.10 Å². The van der Waals surface area contributed by atoms with Crippen LogP contribution in [-0.2, 0) is 4.74 Å². The van der Waals surface area contributed by atoms with Gasteiger partial charge in [-0.1, -0.05) is 64.7 Å². The zero-order chi connectivity index (χ0) is 17.0. The minimum atomic E-state index is -0.0352. The summed E-state index contributed by atoms with van der Waals surface area (Å²) in [5.41, 5.74) is 0. The van der Waals surface area contributed by atoms with Crippen molar-refractivity contribution >= 4 is 0 Å². The predicted molar refractivity (Wildman–Crippen MR) is 102 cm³/mol. The van der Waals surface area contributed by atoms with Crippen molar-refractivity contribution in [2.75, 3.05) is 6.61 Å². The van der Waals surface area contributed by atoms with Gasteiger partial charge in [-0.2, -0.15) is 0 Å². The summed E-state index contributed by atoms with van der Waals surface area (Å²) in [6.07, 6.45) is 21.4. The van der Waals surface area contributed by atoms with Crippen LogP contribution in [-0.4, -0.2) is 23.9 Å². The monoisotopic (exact) mass is 338 g/mol. The molecule has 0 spiro atoms. The summed E-state index contributed by atoms with van der Waals surface area (Å²) in [6.45, 7) is 3.24.